The van der Waals surface area contributed by atoms with Gasteiger partial charge >= 0.3 is 5.97 Å². The molecule has 1 N–H and O–H groups in total. The first-order valence-electron chi connectivity index (χ1n) is 8.31. The molecule has 1 atom stereocenters. The van der Waals surface area contributed by atoms with Crippen LogP contribution in [0.15, 0.2) is 18.2 Å². The summed E-state index contributed by atoms with van der Waals surface area (Å²) in [5, 5.41) is 9.50. The third-order valence-corrected chi connectivity index (χ3v) is 5.86. The highest BCUT2D eigenvalue weighted by atomic mass is 19.1. The van der Waals surface area contributed by atoms with E-state index in [1.807, 2.05) is 6.07 Å². The smallest absolute Gasteiger partial charge is 0.309 e. The van der Waals surface area contributed by atoms with Gasteiger partial charge in [0.05, 0.1) is 11.5 Å². The monoisotopic (exact) mass is 334 g/mol. The number of carbonyl (C=O) groups is 2. The fourth-order valence-electron chi connectivity index (χ4n) is 4.15. The maximum Gasteiger partial charge on any atom is 0.309 e. The van der Waals surface area contributed by atoms with Crippen LogP contribution in [0.4, 0.5) is 4.39 Å². The number of benzene rings is 1. The molecule has 3 rings (SSSR count). The lowest BCUT2D eigenvalue weighted by molar-refractivity contribution is -0.146. The molecule has 130 valence electrons. The predicted molar refractivity (Wildman–Crippen MR) is 86.9 cm³/mol. The number of carboxylic acid groups (broad SMARTS) is 1. The minimum atomic E-state index is -0.887. The summed E-state index contributed by atoms with van der Waals surface area (Å²) in [6, 6.07) is 5.10. The molecule has 2 fully saturated rings. The number of hydrogen-bond donors (Lipinski definition) is 1. The summed E-state index contributed by atoms with van der Waals surface area (Å²) in [6.45, 7) is 3.84. The Balaban J connectivity index is 1.72. The van der Waals surface area contributed by atoms with Gasteiger partial charge in [0.25, 0.3) is 0 Å². The third-order valence-electron chi connectivity index (χ3n) is 5.86. The fourth-order valence-corrected chi connectivity index (χ4v) is 4.15. The lowest BCUT2D eigenvalue weighted by Gasteiger charge is -2.45. The van der Waals surface area contributed by atoms with Crippen LogP contribution in [0.2, 0.25) is 0 Å². The van der Waals surface area contributed by atoms with E-state index < -0.39 is 17.4 Å². The highest BCUT2D eigenvalue weighted by molar-refractivity contribution is 5.88. The van der Waals surface area contributed by atoms with Gasteiger partial charge in [0.15, 0.2) is 0 Å². The molecule has 1 aromatic carbocycles. The van der Waals surface area contributed by atoms with Crippen molar-refractivity contribution in [2.24, 2.45) is 5.92 Å². The van der Waals surface area contributed by atoms with E-state index in [2.05, 4.69) is 4.90 Å². The molecule has 2 saturated heterocycles. The summed E-state index contributed by atoms with van der Waals surface area (Å²) in [5.74, 6) is -1.81. The Morgan fingerprint density at radius 3 is 2.67 bits per heavy atom. The largest absolute Gasteiger partial charge is 0.481 e. The molecular weight excluding hydrogens is 311 g/mol. The van der Waals surface area contributed by atoms with E-state index in [9.17, 15) is 19.1 Å². The van der Waals surface area contributed by atoms with E-state index in [1.54, 1.807) is 24.9 Å². The van der Waals surface area contributed by atoms with Gasteiger partial charge in [-0.25, -0.2) is 4.39 Å². The number of nitrogens with zero attached hydrogens (tertiary/aromatic N) is 2. The summed E-state index contributed by atoms with van der Waals surface area (Å²) >= 11 is 0. The van der Waals surface area contributed by atoms with Gasteiger partial charge in [-0.1, -0.05) is 12.1 Å². The highest BCUT2D eigenvalue weighted by Gasteiger charge is 2.55. The van der Waals surface area contributed by atoms with Gasteiger partial charge in [-0.05, 0) is 37.0 Å². The van der Waals surface area contributed by atoms with Gasteiger partial charge in [0.1, 0.15) is 5.82 Å². The summed E-state index contributed by atoms with van der Waals surface area (Å²) in [6.07, 6.45) is 1.37. The molecular formula is C18H23FN2O3. The number of halogens is 1. The molecule has 0 bridgehead atoms. The average Bonchev–Trinajstić information content (AvgIpc) is 2.79. The van der Waals surface area contributed by atoms with E-state index in [0.717, 1.165) is 5.56 Å². The van der Waals surface area contributed by atoms with Crippen molar-refractivity contribution < 1.29 is 19.1 Å². The number of aliphatic carboxylic acids is 1. The molecule has 0 unspecified atom stereocenters. The van der Waals surface area contributed by atoms with E-state index in [-0.39, 0.29) is 18.1 Å². The first kappa shape index (κ1) is 16.9. The minimum Gasteiger partial charge on any atom is -0.481 e. The Labute approximate surface area is 141 Å². The normalized spacial score (nSPS) is 23.9. The summed E-state index contributed by atoms with van der Waals surface area (Å²) < 4.78 is 13.7. The van der Waals surface area contributed by atoms with Crippen LogP contribution >= 0.6 is 0 Å². The molecule has 2 heterocycles. The molecule has 24 heavy (non-hydrogen) atoms. The first-order valence-corrected chi connectivity index (χ1v) is 8.31. The fraction of sp³-hybridized carbons (Fsp3) is 0.556. The molecule has 2 aliphatic heterocycles. The van der Waals surface area contributed by atoms with Crippen LogP contribution < -0.4 is 0 Å². The molecule has 0 aliphatic carbocycles. The quantitative estimate of drug-likeness (QED) is 0.919. The lowest BCUT2D eigenvalue weighted by Crippen LogP contribution is -2.55. The van der Waals surface area contributed by atoms with Gasteiger partial charge in [0, 0.05) is 33.1 Å². The number of carboxylic acids is 1. The van der Waals surface area contributed by atoms with Crippen molar-refractivity contribution in [1.82, 2.24) is 9.80 Å². The SMILES string of the molecule is Cc1c(F)cccc1CN1CCC2(CC1)[C@@H](C(=O)O)CC(=O)N2C. The second-order valence-corrected chi connectivity index (χ2v) is 6.95. The molecule has 0 radical (unpaired) electrons. The van der Waals surface area contributed by atoms with Gasteiger partial charge in [0.2, 0.25) is 5.91 Å². The zero-order chi connectivity index (χ0) is 17.5. The number of carbonyl (C=O) groups excluding carboxylic acids is 1. The predicted octanol–water partition coefficient (Wildman–Crippen LogP) is 2.03. The summed E-state index contributed by atoms with van der Waals surface area (Å²) in [7, 11) is 1.72. The number of hydrogen-bond acceptors (Lipinski definition) is 3. The van der Waals surface area contributed by atoms with Crippen LogP contribution in [-0.2, 0) is 16.1 Å². The van der Waals surface area contributed by atoms with E-state index in [4.69, 9.17) is 0 Å². The topological polar surface area (TPSA) is 60.9 Å². The van der Waals surface area contributed by atoms with Crippen molar-refractivity contribution >= 4 is 11.9 Å². The van der Waals surface area contributed by atoms with Crippen LogP contribution in [0.5, 0.6) is 0 Å². The molecule has 0 aromatic heterocycles. The Morgan fingerprint density at radius 1 is 1.38 bits per heavy atom. The van der Waals surface area contributed by atoms with Crippen molar-refractivity contribution in [3.63, 3.8) is 0 Å². The van der Waals surface area contributed by atoms with Gasteiger partial charge in [-0.2, -0.15) is 0 Å². The van der Waals surface area contributed by atoms with Crippen molar-refractivity contribution in [1.29, 1.82) is 0 Å². The first-order chi connectivity index (χ1) is 11.3. The second kappa shape index (κ2) is 6.16. The van der Waals surface area contributed by atoms with Gasteiger partial charge in [-0.15, -0.1) is 0 Å². The van der Waals surface area contributed by atoms with Crippen molar-refractivity contribution in [2.75, 3.05) is 20.1 Å². The lowest BCUT2D eigenvalue weighted by atomic mass is 9.77. The zero-order valence-corrected chi connectivity index (χ0v) is 14.1. The molecule has 0 saturated carbocycles. The van der Waals surface area contributed by atoms with Crippen LogP contribution in [0.1, 0.15) is 30.4 Å². The van der Waals surface area contributed by atoms with Crippen LogP contribution in [0.3, 0.4) is 0 Å². The van der Waals surface area contributed by atoms with E-state index in [0.29, 0.717) is 38.0 Å². The van der Waals surface area contributed by atoms with E-state index >= 15 is 0 Å². The number of rotatable bonds is 3. The third kappa shape index (κ3) is 2.69. The van der Waals surface area contributed by atoms with Gasteiger partial charge < -0.3 is 10.0 Å². The Kier molecular flexibility index (Phi) is 4.34. The Hall–Kier alpha value is -1.95. The highest BCUT2D eigenvalue weighted by Crippen LogP contribution is 2.43. The summed E-state index contributed by atoms with van der Waals surface area (Å²) in [5.41, 5.74) is 1.04. The minimum absolute atomic E-state index is 0.0863. The van der Waals surface area contributed by atoms with Crippen molar-refractivity contribution in [2.45, 2.75) is 38.3 Å². The Bertz CT molecular complexity index is 668. The number of likely N-dealkylation sites (tertiary alicyclic amines) is 2. The van der Waals surface area contributed by atoms with Crippen molar-refractivity contribution in [3.8, 4) is 0 Å². The van der Waals surface area contributed by atoms with Crippen LogP contribution in [-0.4, -0.2) is 52.5 Å². The average molecular weight is 334 g/mol. The molecule has 1 spiro atoms. The molecule has 5 nitrogen and oxygen atoms in total. The Morgan fingerprint density at radius 2 is 2.04 bits per heavy atom. The number of amides is 1. The molecule has 6 heteroatoms. The molecule has 1 aromatic rings. The molecule has 2 aliphatic rings. The van der Waals surface area contributed by atoms with Crippen molar-refractivity contribution in [3.05, 3.63) is 35.1 Å². The standard InChI is InChI=1S/C18H23FN2O3/c1-12-13(4-3-5-15(12)19)11-21-8-6-18(7-9-21)14(17(23)24)10-16(22)20(18)2/h3-5,14H,6-11H2,1-2H3,(H,23,24)/t14-/m1/s1. The second-order valence-electron chi connectivity index (χ2n) is 6.95. The number of piperidine rings is 1. The zero-order valence-electron chi connectivity index (χ0n) is 14.1. The van der Waals surface area contributed by atoms with E-state index in [1.165, 1.54) is 6.07 Å². The van der Waals surface area contributed by atoms with Crippen LogP contribution in [0, 0.1) is 18.7 Å². The van der Waals surface area contributed by atoms with Gasteiger partial charge in [-0.3, -0.25) is 14.5 Å². The molecule has 1 amide bonds. The summed E-state index contributed by atoms with van der Waals surface area (Å²) in [4.78, 5) is 27.5. The maximum atomic E-state index is 13.7. The maximum absolute atomic E-state index is 13.7. The van der Waals surface area contributed by atoms with Crippen LogP contribution in [0.25, 0.3) is 0 Å².